The molecule has 4 nitrogen and oxygen atoms in total. The Balaban J connectivity index is 2.51. The highest BCUT2D eigenvalue weighted by Crippen LogP contribution is 2.04. The molecule has 1 atom stereocenters. The number of carbonyl (C=O) groups is 1. The molecule has 0 bridgehead atoms. The van der Waals surface area contributed by atoms with Crippen LogP contribution in [-0.2, 0) is 4.79 Å². The van der Waals surface area contributed by atoms with Gasteiger partial charge >= 0.3 is 0 Å². The Morgan fingerprint density at radius 2 is 2.46 bits per heavy atom. The fraction of sp³-hybridized carbons (Fsp3) is 0.889. The zero-order chi connectivity index (χ0) is 9.68. The zero-order valence-corrected chi connectivity index (χ0v) is 8.47. The van der Waals surface area contributed by atoms with Crippen molar-refractivity contribution < 1.29 is 4.79 Å². The molecule has 0 aromatic heterocycles. The van der Waals surface area contributed by atoms with E-state index < -0.39 is 0 Å². The van der Waals surface area contributed by atoms with Crippen LogP contribution in [0.5, 0.6) is 0 Å². The van der Waals surface area contributed by atoms with Gasteiger partial charge in [0.05, 0.1) is 0 Å². The van der Waals surface area contributed by atoms with Gasteiger partial charge in [0.15, 0.2) is 0 Å². The molecule has 0 aromatic carbocycles. The van der Waals surface area contributed by atoms with E-state index in [0.29, 0.717) is 0 Å². The van der Waals surface area contributed by atoms with Gasteiger partial charge in [0.25, 0.3) is 0 Å². The van der Waals surface area contributed by atoms with Gasteiger partial charge in [0.1, 0.15) is 6.04 Å². The normalized spacial score (nSPS) is 24.5. The van der Waals surface area contributed by atoms with E-state index in [1.807, 2.05) is 7.05 Å². The van der Waals surface area contributed by atoms with E-state index in [-0.39, 0.29) is 11.9 Å². The van der Waals surface area contributed by atoms with E-state index in [1.54, 1.807) is 0 Å². The molecule has 0 spiro atoms. The number of nitrogens with one attached hydrogen (secondary N) is 2. The first-order valence-corrected chi connectivity index (χ1v) is 4.96. The van der Waals surface area contributed by atoms with Gasteiger partial charge in [-0.2, -0.15) is 0 Å². The molecular formula is C9H19N3O. The van der Waals surface area contributed by atoms with Crippen LogP contribution in [0, 0.1) is 0 Å². The first kappa shape index (κ1) is 10.5. The number of carbonyl (C=O) groups excluding carboxylic acids is 1. The van der Waals surface area contributed by atoms with Gasteiger partial charge in [-0.15, -0.1) is 0 Å². The molecule has 76 valence electrons. The fourth-order valence-electron chi connectivity index (χ4n) is 1.73. The molecule has 2 N–H and O–H groups in total. The Labute approximate surface area is 79.7 Å². The summed E-state index contributed by atoms with van der Waals surface area (Å²) in [7, 11) is 1.88. The molecular weight excluding hydrogens is 166 g/mol. The van der Waals surface area contributed by atoms with Crippen molar-refractivity contribution in [3.63, 3.8) is 0 Å². The van der Waals surface area contributed by atoms with Crippen molar-refractivity contribution >= 4 is 5.91 Å². The van der Waals surface area contributed by atoms with Crippen LogP contribution in [0.3, 0.4) is 0 Å². The molecule has 1 heterocycles. The second-order valence-corrected chi connectivity index (χ2v) is 3.40. The van der Waals surface area contributed by atoms with Crippen molar-refractivity contribution in [2.45, 2.75) is 19.4 Å². The molecule has 1 saturated heterocycles. The van der Waals surface area contributed by atoms with Gasteiger partial charge in [-0.1, -0.05) is 6.92 Å². The predicted octanol–water partition coefficient (Wildman–Crippen LogP) is -0.584. The van der Waals surface area contributed by atoms with Crippen LogP contribution in [0.25, 0.3) is 0 Å². The smallest absolute Gasteiger partial charge is 0.238 e. The minimum absolute atomic E-state index is 0.0266. The lowest BCUT2D eigenvalue weighted by molar-refractivity contribution is -0.128. The van der Waals surface area contributed by atoms with E-state index in [4.69, 9.17) is 0 Å². The molecule has 13 heavy (non-hydrogen) atoms. The summed E-state index contributed by atoms with van der Waals surface area (Å²) >= 11 is 0. The third kappa shape index (κ3) is 2.67. The van der Waals surface area contributed by atoms with Crippen LogP contribution in [0.15, 0.2) is 0 Å². The molecule has 1 unspecified atom stereocenters. The number of amides is 1. The minimum Gasteiger partial charge on any atom is -0.353 e. The van der Waals surface area contributed by atoms with Gasteiger partial charge in [0.2, 0.25) is 5.91 Å². The molecule has 0 radical (unpaired) electrons. The topological polar surface area (TPSA) is 44.4 Å². The number of hydrogen-bond acceptors (Lipinski definition) is 3. The SMILES string of the molecule is CCCN1CCNC(=O)C1CNC. The van der Waals surface area contributed by atoms with Gasteiger partial charge in [-0.25, -0.2) is 0 Å². The highest BCUT2D eigenvalue weighted by molar-refractivity contribution is 5.82. The molecule has 1 rings (SSSR count). The lowest BCUT2D eigenvalue weighted by Crippen LogP contribution is -2.58. The third-order valence-electron chi connectivity index (χ3n) is 2.35. The van der Waals surface area contributed by atoms with Crippen molar-refractivity contribution in [1.82, 2.24) is 15.5 Å². The lowest BCUT2D eigenvalue weighted by atomic mass is 10.1. The largest absolute Gasteiger partial charge is 0.353 e. The van der Waals surface area contributed by atoms with Crippen LogP contribution in [-0.4, -0.2) is 50.1 Å². The number of hydrogen-bond donors (Lipinski definition) is 2. The Hall–Kier alpha value is -0.610. The van der Waals surface area contributed by atoms with Crippen molar-refractivity contribution in [1.29, 1.82) is 0 Å². The van der Waals surface area contributed by atoms with Crippen molar-refractivity contribution in [3.05, 3.63) is 0 Å². The summed E-state index contributed by atoms with van der Waals surface area (Å²) < 4.78 is 0. The van der Waals surface area contributed by atoms with E-state index >= 15 is 0 Å². The van der Waals surface area contributed by atoms with Crippen LogP contribution in [0.4, 0.5) is 0 Å². The maximum atomic E-state index is 11.5. The number of likely N-dealkylation sites (N-methyl/N-ethyl adjacent to an activating group) is 1. The second kappa shape index (κ2) is 5.19. The highest BCUT2D eigenvalue weighted by Gasteiger charge is 2.27. The number of piperazine rings is 1. The van der Waals surface area contributed by atoms with E-state index in [0.717, 1.165) is 32.6 Å². The van der Waals surface area contributed by atoms with Gasteiger partial charge in [-0.05, 0) is 20.0 Å². The molecule has 1 aliphatic heterocycles. The van der Waals surface area contributed by atoms with Crippen LogP contribution >= 0.6 is 0 Å². The predicted molar refractivity (Wildman–Crippen MR) is 52.6 cm³/mol. The first-order valence-electron chi connectivity index (χ1n) is 4.96. The first-order chi connectivity index (χ1) is 6.29. The summed E-state index contributed by atoms with van der Waals surface area (Å²) in [6, 6.07) is 0.0266. The van der Waals surface area contributed by atoms with Crippen molar-refractivity contribution in [3.8, 4) is 0 Å². The highest BCUT2D eigenvalue weighted by atomic mass is 16.2. The van der Waals surface area contributed by atoms with Crippen molar-refractivity contribution in [2.24, 2.45) is 0 Å². The second-order valence-electron chi connectivity index (χ2n) is 3.40. The number of rotatable bonds is 4. The standard InChI is InChI=1S/C9H19N3O/c1-3-5-12-6-4-11-9(13)8(12)7-10-2/h8,10H,3-7H2,1-2H3,(H,11,13). The van der Waals surface area contributed by atoms with Gasteiger partial charge < -0.3 is 10.6 Å². The summed E-state index contributed by atoms with van der Waals surface area (Å²) in [5.41, 5.74) is 0. The van der Waals surface area contributed by atoms with Gasteiger partial charge in [0, 0.05) is 19.6 Å². The summed E-state index contributed by atoms with van der Waals surface area (Å²) in [5, 5.41) is 5.94. The Morgan fingerprint density at radius 1 is 1.69 bits per heavy atom. The Kier molecular flexibility index (Phi) is 4.18. The summed E-state index contributed by atoms with van der Waals surface area (Å²) in [6.07, 6.45) is 1.10. The molecule has 1 aliphatic rings. The average Bonchev–Trinajstić information content (AvgIpc) is 2.11. The van der Waals surface area contributed by atoms with Crippen molar-refractivity contribution in [2.75, 3.05) is 33.2 Å². The molecule has 0 aromatic rings. The van der Waals surface area contributed by atoms with Crippen LogP contribution in [0.1, 0.15) is 13.3 Å². The zero-order valence-electron chi connectivity index (χ0n) is 8.47. The van der Waals surface area contributed by atoms with E-state index in [1.165, 1.54) is 0 Å². The quantitative estimate of drug-likeness (QED) is 0.615. The summed E-state index contributed by atoms with van der Waals surface area (Å²) in [4.78, 5) is 13.7. The van der Waals surface area contributed by atoms with Crippen LogP contribution < -0.4 is 10.6 Å². The summed E-state index contributed by atoms with van der Waals surface area (Å²) in [6.45, 7) is 5.67. The van der Waals surface area contributed by atoms with Crippen LogP contribution in [0.2, 0.25) is 0 Å². The monoisotopic (exact) mass is 185 g/mol. The maximum Gasteiger partial charge on any atom is 0.238 e. The van der Waals surface area contributed by atoms with E-state index in [2.05, 4.69) is 22.5 Å². The minimum atomic E-state index is 0.0266. The molecule has 1 amide bonds. The molecule has 0 saturated carbocycles. The average molecular weight is 185 g/mol. The molecule has 1 fully saturated rings. The Morgan fingerprint density at radius 3 is 3.08 bits per heavy atom. The maximum absolute atomic E-state index is 11.5. The molecule has 0 aliphatic carbocycles. The molecule has 4 heteroatoms. The summed E-state index contributed by atoms with van der Waals surface area (Å²) in [5.74, 6) is 0.161. The number of nitrogens with zero attached hydrogens (tertiary/aromatic N) is 1. The third-order valence-corrected chi connectivity index (χ3v) is 2.35. The van der Waals surface area contributed by atoms with Gasteiger partial charge in [-0.3, -0.25) is 9.69 Å². The lowest BCUT2D eigenvalue weighted by Gasteiger charge is -2.34. The van der Waals surface area contributed by atoms with E-state index in [9.17, 15) is 4.79 Å². The fourth-order valence-corrected chi connectivity index (χ4v) is 1.73. The Bertz CT molecular complexity index is 170.